The summed E-state index contributed by atoms with van der Waals surface area (Å²) in [6.45, 7) is 18.4. The normalized spacial score (nSPS) is 11.0. The van der Waals surface area contributed by atoms with Crippen molar-refractivity contribution in [3.05, 3.63) is 48.6 Å². The van der Waals surface area contributed by atoms with Crippen molar-refractivity contribution >= 4 is 23.9 Å². The molecule has 29 heavy (non-hydrogen) atoms. The first-order chi connectivity index (χ1) is 13.1. The average Bonchev–Trinajstić information content (AvgIpc) is 2.59. The molecule has 9 heteroatoms. The van der Waals surface area contributed by atoms with Crippen molar-refractivity contribution in [3.63, 3.8) is 0 Å². The third kappa shape index (κ3) is 6.42. The van der Waals surface area contributed by atoms with E-state index >= 15 is 0 Å². The number of hydrogen-bond acceptors (Lipinski definition) is 9. The molecule has 9 nitrogen and oxygen atoms in total. The fourth-order valence-corrected chi connectivity index (χ4v) is 1.59. The van der Waals surface area contributed by atoms with Crippen molar-refractivity contribution in [1.29, 1.82) is 0 Å². The molecule has 0 aliphatic heterocycles. The lowest BCUT2D eigenvalue weighted by Gasteiger charge is -2.42. The Balaban J connectivity index is 6.67. The summed E-state index contributed by atoms with van der Waals surface area (Å²) in [7, 11) is 0. The second-order valence-corrected chi connectivity index (χ2v) is 6.54. The second kappa shape index (κ2) is 9.83. The predicted octanol–water partition coefficient (Wildman–Crippen LogP) is 1.87. The number of hydrogen-bond donors (Lipinski definition) is 1. The van der Waals surface area contributed by atoms with Crippen molar-refractivity contribution in [2.75, 3.05) is 6.61 Å². The third-order valence-corrected chi connectivity index (χ3v) is 3.38. The lowest BCUT2D eigenvalue weighted by atomic mass is 10.1. The van der Waals surface area contributed by atoms with Crippen molar-refractivity contribution in [2.24, 2.45) is 0 Å². The van der Waals surface area contributed by atoms with Crippen molar-refractivity contribution in [2.45, 2.75) is 46.2 Å². The molecule has 0 heterocycles. The van der Waals surface area contributed by atoms with Gasteiger partial charge < -0.3 is 24.1 Å². The van der Waals surface area contributed by atoms with Gasteiger partial charge in [-0.05, 0) is 27.7 Å². The minimum Gasteiger partial charge on any atom is -0.411 e. The van der Waals surface area contributed by atoms with E-state index in [-0.39, 0.29) is 22.3 Å². The van der Waals surface area contributed by atoms with E-state index in [0.29, 0.717) is 0 Å². The van der Waals surface area contributed by atoms with Crippen LogP contribution in [0, 0.1) is 0 Å². The van der Waals surface area contributed by atoms with Crippen LogP contribution < -0.4 is 0 Å². The Kier molecular flexibility index (Phi) is 8.75. The van der Waals surface area contributed by atoms with Gasteiger partial charge in [0.15, 0.2) is 0 Å². The fourth-order valence-electron chi connectivity index (χ4n) is 1.59. The molecule has 0 aliphatic rings. The summed E-state index contributed by atoms with van der Waals surface area (Å²) >= 11 is 0. The predicted molar refractivity (Wildman–Crippen MR) is 102 cm³/mol. The van der Waals surface area contributed by atoms with Crippen LogP contribution in [0.2, 0.25) is 0 Å². The monoisotopic (exact) mass is 410 g/mol. The van der Waals surface area contributed by atoms with Gasteiger partial charge >= 0.3 is 35.5 Å². The Hall–Kier alpha value is -3.20. The van der Waals surface area contributed by atoms with Crippen molar-refractivity contribution in [3.8, 4) is 0 Å². The lowest BCUT2D eigenvalue weighted by molar-refractivity contribution is -0.362. The molecule has 0 unspecified atom stereocenters. The largest absolute Gasteiger partial charge is 0.411 e. The Labute approximate surface area is 169 Å². The molecule has 0 atom stereocenters. The zero-order valence-corrected chi connectivity index (χ0v) is 17.2. The Morgan fingerprint density at radius 1 is 0.655 bits per heavy atom. The highest BCUT2D eigenvalue weighted by atomic mass is 16.8. The van der Waals surface area contributed by atoms with E-state index in [2.05, 4.69) is 26.3 Å². The van der Waals surface area contributed by atoms with Gasteiger partial charge in [0.05, 0.1) is 0 Å². The Morgan fingerprint density at radius 3 is 1.10 bits per heavy atom. The van der Waals surface area contributed by atoms with E-state index in [4.69, 9.17) is 18.9 Å². The first-order valence-corrected chi connectivity index (χ1v) is 8.28. The number of carbonyl (C=O) groups is 4. The van der Waals surface area contributed by atoms with Gasteiger partial charge in [0.2, 0.25) is 0 Å². The number of carbonyl (C=O) groups excluding carboxylic acids is 4. The molecule has 1 N–H and O–H groups in total. The standard InChI is InChI=1S/C20H26O9/c1-11(2)15(22)26-19(9,27-16(23)12(3)4)20(10-21,28-17(24)13(5)6)29-18(25)14(7)8/h21H,1,3,5,7,10H2,2,4,6,8-9H3. The number of esters is 4. The Bertz CT molecular complexity index is 717. The van der Waals surface area contributed by atoms with Crippen LogP contribution in [0.1, 0.15) is 34.6 Å². The van der Waals surface area contributed by atoms with E-state index < -0.39 is 42.1 Å². The summed E-state index contributed by atoms with van der Waals surface area (Å²) < 4.78 is 20.5. The first-order valence-electron chi connectivity index (χ1n) is 8.28. The van der Waals surface area contributed by atoms with Gasteiger partial charge in [-0.1, -0.05) is 26.3 Å². The SMILES string of the molecule is C=C(C)C(=O)OC(C)(OC(=O)C(=C)C)C(CO)(OC(=O)C(=C)C)OC(=O)C(=C)C. The van der Waals surface area contributed by atoms with Crippen LogP contribution in [-0.4, -0.2) is 47.2 Å². The zero-order valence-electron chi connectivity index (χ0n) is 17.2. The van der Waals surface area contributed by atoms with Gasteiger partial charge in [0.1, 0.15) is 6.61 Å². The fraction of sp³-hybridized carbons (Fsp3) is 0.400. The van der Waals surface area contributed by atoms with Crippen LogP contribution in [0.25, 0.3) is 0 Å². The van der Waals surface area contributed by atoms with E-state index in [1.807, 2.05) is 0 Å². The molecule has 0 aliphatic carbocycles. The van der Waals surface area contributed by atoms with Crippen molar-refractivity contribution < 1.29 is 43.2 Å². The second-order valence-electron chi connectivity index (χ2n) is 6.54. The number of rotatable bonds is 10. The summed E-state index contributed by atoms with van der Waals surface area (Å²) in [5, 5.41) is 10.0. The van der Waals surface area contributed by atoms with E-state index in [0.717, 1.165) is 6.92 Å². The molecule has 0 radical (unpaired) electrons. The quantitative estimate of drug-likeness (QED) is 0.326. The smallest absolute Gasteiger partial charge is 0.358 e. The van der Waals surface area contributed by atoms with Crippen LogP contribution in [-0.2, 0) is 38.1 Å². The minimum atomic E-state index is -2.80. The summed E-state index contributed by atoms with van der Waals surface area (Å²) in [5.74, 6) is -9.86. The maximum absolute atomic E-state index is 12.2. The topological polar surface area (TPSA) is 125 Å². The summed E-state index contributed by atoms with van der Waals surface area (Å²) in [6, 6.07) is 0. The molecular formula is C20H26O9. The Morgan fingerprint density at radius 2 is 0.897 bits per heavy atom. The molecule has 0 spiro atoms. The highest BCUT2D eigenvalue weighted by Crippen LogP contribution is 2.35. The maximum Gasteiger partial charge on any atom is 0.358 e. The molecule has 0 fully saturated rings. The average molecular weight is 410 g/mol. The minimum absolute atomic E-state index is 0.119. The van der Waals surface area contributed by atoms with Gasteiger partial charge in [-0.25, -0.2) is 19.2 Å². The summed E-state index contributed by atoms with van der Waals surface area (Å²) in [5.41, 5.74) is -0.526. The molecule has 0 saturated carbocycles. The van der Waals surface area contributed by atoms with Crippen LogP contribution in [0.15, 0.2) is 48.6 Å². The van der Waals surface area contributed by atoms with Gasteiger partial charge in [-0.15, -0.1) is 0 Å². The molecule has 0 amide bonds. The molecule has 0 aromatic heterocycles. The number of aliphatic hydroxyl groups excluding tert-OH is 1. The molecular weight excluding hydrogens is 384 g/mol. The zero-order chi connectivity index (χ0) is 23.2. The van der Waals surface area contributed by atoms with Crippen molar-refractivity contribution in [1.82, 2.24) is 0 Å². The number of aliphatic hydroxyl groups is 1. The summed E-state index contributed by atoms with van der Waals surface area (Å²) in [4.78, 5) is 48.7. The molecule has 0 saturated heterocycles. The van der Waals surface area contributed by atoms with E-state index in [9.17, 15) is 24.3 Å². The van der Waals surface area contributed by atoms with Gasteiger partial charge in [0, 0.05) is 29.2 Å². The van der Waals surface area contributed by atoms with Gasteiger partial charge in [-0.2, -0.15) is 0 Å². The molecule has 0 aromatic carbocycles. The van der Waals surface area contributed by atoms with Gasteiger partial charge in [0.25, 0.3) is 0 Å². The van der Waals surface area contributed by atoms with Crippen LogP contribution in [0.3, 0.4) is 0 Å². The molecule has 0 aromatic rings. The first kappa shape index (κ1) is 25.8. The number of ether oxygens (including phenoxy) is 4. The van der Waals surface area contributed by atoms with Crippen LogP contribution in [0.4, 0.5) is 0 Å². The van der Waals surface area contributed by atoms with E-state index in [1.165, 1.54) is 27.7 Å². The maximum atomic E-state index is 12.2. The molecule has 0 bridgehead atoms. The van der Waals surface area contributed by atoms with Crippen LogP contribution in [0.5, 0.6) is 0 Å². The van der Waals surface area contributed by atoms with Crippen LogP contribution >= 0.6 is 0 Å². The third-order valence-electron chi connectivity index (χ3n) is 3.38. The summed E-state index contributed by atoms with van der Waals surface area (Å²) in [6.07, 6.45) is 0. The highest BCUT2D eigenvalue weighted by molar-refractivity contribution is 5.91. The molecule has 0 rings (SSSR count). The lowest BCUT2D eigenvalue weighted by Crippen LogP contribution is -2.64. The van der Waals surface area contributed by atoms with E-state index in [1.54, 1.807) is 0 Å². The molecule has 160 valence electrons. The highest BCUT2D eigenvalue weighted by Gasteiger charge is 2.62. The van der Waals surface area contributed by atoms with Gasteiger partial charge in [-0.3, -0.25) is 0 Å².